The first-order valence-electron chi connectivity index (χ1n) is 4.46. The second-order valence-electron chi connectivity index (χ2n) is 3.68. The fraction of sp³-hybridized carbons (Fsp3) is 1.00. The van der Waals surface area contributed by atoms with Crippen LogP contribution in [0.25, 0.3) is 0 Å². The maximum atomic E-state index is 11.3. The van der Waals surface area contributed by atoms with Crippen molar-refractivity contribution in [3.63, 3.8) is 0 Å². The van der Waals surface area contributed by atoms with Gasteiger partial charge in [0.05, 0.1) is 11.4 Å². The zero-order valence-electron chi connectivity index (χ0n) is 8.91. The van der Waals surface area contributed by atoms with Crippen molar-refractivity contribution >= 4 is 10.0 Å². The van der Waals surface area contributed by atoms with Crippen LogP contribution in [0.3, 0.4) is 0 Å². The molecule has 0 radical (unpaired) electrons. The van der Waals surface area contributed by atoms with Gasteiger partial charge in [0.25, 0.3) is 0 Å². The summed E-state index contributed by atoms with van der Waals surface area (Å²) in [6.07, 6.45) is 0.253. The maximum absolute atomic E-state index is 11.3. The molecule has 86 valence electrons. The fourth-order valence-electron chi connectivity index (χ4n) is 0.683. The van der Waals surface area contributed by atoms with Gasteiger partial charge in [-0.15, -0.1) is 0 Å². The zero-order valence-corrected chi connectivity index (χ0v) is 9.73. The predicted molar refractivity (Wildman–Crippen MR) is 54.6 cm³/mol. The Hall–Kier alpha value is -0.170. The van der Waals surface area contributed by atoms with Crippen molar-refractivity contribution in [2.75, 3.05) is 26.0 Å². The van der Waals surface area contributed by atoms with Gasteiger partial charge in [-0.2, -0.15) is 0 Å². The molecule has 0 spiro atoms. The van der Waals surface area contributed by atoms with Gasteiger partial charge >= 0.3 is 0 Å². The van der Waals surface area contributed by atoms with Crippen molar-refractivity contribution in [3.05, 3.63) is 0 Å². The first-order valence-corrected chi connectivity index (χ1v) is 6.11. The highest BCUT2D eigenvalue weighted by molar-refractivity contribution is 7.89. The quantitative estimate of drug-likeness (QED) is 0.624. The molecule has 0 amide bonds. The SMILES string of the molecule is COC(C)(C)CNS(=O)(=O)CCCO. The summed E-state index contributed by atoms with van der Waals surface area (Å²) in [6.45, 7) is 3.70. The number of ether oxygens (including phenoxy) is 1. The van der Waals surface area contributed by atoms with E-state index in [-0.39, 0.29) is 25.3 Å². The third-order valence-corrected chi connectivity index (χ3v) is 3.25. The lowest BCUT2D eigenvalue weighted by atomic mass is 10.1. The topological polar surface area (TPSA) is 75.6 Å². The molecule has 0 aliphatic rings. The average molecular weight is 225 g/mol. The highest BCUT2D eigenvalue weighted by Crippen LogP contribution is 2.05. The first-order chi connectivity index (χ1) is 6.33. The van der Waals surface area contributed by atoms with Gasteiger partial charge in [0, 0.05) is 20.3 Å². The van der Waals surface area contributed by atoms with Crippen LogP contribution in [0.4, 0.5) is 0 Å². The Morgan fingerprint density at radius 1 is 1.43 bits per heavy atom. The van der Waals surface area contributed by atoms with Crippen LogP contribution in [0.1, 0.15) is 20.3 Å². The van der Waals surface area contributed by atoms with Crippen molar-refractivity contribution in [1.29, 1.82) is 0 Å². The lowest BCUT2D eigenvalue weighted by molar-refractivity contribution is 0.0276. The number of hydrogen-bond donors (Lipinski definition) is 2. The number of rotatable bonds is 7. The average Bonchev–Trinajstić information content (AvgIpc) is 2.12. The Bertz CT molecular complexity index is 248. The normalized spacial score (nSPS) is 13.1. The lowest BCUT2D eigenvalue weighted by Gasteiger charge is -2.22. The number of methoxy groups -OCH3 is 1. The second-order valence-corrected chi connectivity index (χ2v) is 5.61. The lowest BCUT2D eigenvalue weighted by Crippen LogP contribution is -2.40. The summed E-state index contributed by atoms with van der Waals surface area (Å²) in [6, 6.07) is 0. The molecule has 0 aliphatic carbocycles. The van der Waals surface area contributed by atoms with E-state index in [1.807, 2.05) is 0 Å². The van der Waals surface area contributed by atoms with Crippen LogP contribution in [0.5, 0.6) is 0 Å². The molecule has 0 aromatic carbocycles. The van der Waals surface area contributed by atoms with E-state index in [1.54, 1.807) is 13.8 Å². The minimum absolute atomic E-state index is 0.0523. The third kappa shape index (κ3) is 6.31. The van der Waals surface area contributed by atoms with Gasteiger partial charge in [-0.05, 0) is 20.3 Å². The molecule has 0 saturated carbocycles. The summed E-state index contributed by atoms with van der Waals surface area (Å²) in [5.74, 6) is -0.0523. The largest absolute Gasteiger partial charge is 0.396 e. The molecule has 0 saturated heterocycles. The highest BCUT2D eigenvalue weighted by Gasteiger charge is 2.19. The van der Waals surface area contributed by atoms with Crippen molar-refractivity contribution in [3.8, 4) is 0 Å². The molecule has 0 heterocycles. The zero-order chi connectivity index (χ0) is 11.2. The molecule has 0 aliphatic heterocycles. The van der Waals surface area contributed by atoms with Gasteiger partial charge in [-0.25, -0.2) is 13.1 Å². The fourth-order valence-corrected chi connectivity index (χ4v) is 1.90. The smallest absolute Gasteiger partial charge is 0.211 e. The molecule has 5 nitrogen and oxygen atoms in total. The summed E-state index contributed by atoms with van der Waals surface area (Å²) in [5, 5.41) is 8.49. The van der Waals surface area contributed by atoms with Gasteiger partial charge in [-0.1, -0.05) is 0 Å². The van der Waals surface area contributed by atoms with E-state index in [2.05, 4.69) is 4.72 Å². The van der Waals surface area contributed by atoms with Crippen LogP contribution in [0.15, 0.2) is 0 Å². The van der Waals surface area contributed by atoms with Crippen molar-refractivity contribution < 1.29 is 18.3 Å². The van der Waals surface area contributed by atoms with Gasteiger partial charge in [0.15, 0.2) is 0 Å². The Morgan fingerprint density at radius 3 is 2.43 bits per heavy atom. The molecule has 14 heavy (non-hydrogen) atoms. The Morgan fingerprint density at radius 2 is 2.00 bits per heavy atom. The molecule has 0 rings (SSSR count). The van der Waals surface area contributed by atoms with Crippen LogP contribution < -0.4 is 4.72 Å². The highest BCUT2D eigenvalue weighted by atomic mass is 32.2. The maximum Gasteiger partial charge on any atom is 0.211 e. The predicted octanol–water partition coefficient (Wildman–Crippen LogP) is -0.287. The minimum atomic E-state index is -3.28. The molecule has 0 aromatic heterocycles. The third-order valence-electron chi connectivity index (χ3n) is 1.84. The van der Waals surface area contributed by atoms with Gasteiger partial charge in [-0.3, -0.25) is 0 Å². The molecule has 0 bridgehead atoms. The van der Waals surface area contributed by atoms with Gasteiger partial charge < -0.3 is 9.84 Å². The summed E-state index contributed by atoms with van der Waals surface area (Å²) in [4.78, 5) is 0. The van der Waals surface area contributed by atoms with Crippen LogP contribution in [-0.4, -0.2) is 45.1 Å². The van der Waals surface area contributed by atoms with Crippen LogP contribution in [0.2, 0.25) is 0 Å². The molecule has 0 fully saturated rings. The number of aliphatic hydroxyl groups is 1. The molecule has 0 unspecified atom stereocenters. The molecule has 6 heteroatoms. The van der Waals surface area contributed by atoms with E-state index < -0.39 is 15.6 Å². The standard InChI is InChI=1S/C8H19NO4S/c1-8(2,13-3)7-9-14(11,12)6-4-5-10/h9-10H,4-7H2,1-3H3. The van der Waals surface area contributed by atoms with Gasteiger partial charge in [0.2, 0.25) is 10.0 Å². The summed E-state index contributed by atoms with van der Waals surface area (Å²) >= 11 is 0. The Labute approximate surface area is 85.5 Å². The van der Waals surface area contributed by atoms with Crippen LogP contribution in [-0.2, 0) is 14.8 Å². The van der Waals surface area contributed by atoms with Gasteiger partial charge in [0.1, 0.15) is 0 Å². The number of sulfonamides is 1. The molecule has 0 atom stereocenters. The molecular weight excluding hydrogens is 206 g/mol. The van der Waals surface area contributed by atoms with Crippen molar-refractivity contribution in [1.82, 2.24) is 4.72 Å². The van der Waals surface area contributed by atoms with E-state index in [0.717, 1.165) is 0 Å². The molecule has 2 N–H and O–H groups in total. The minimum Gasteiger partial charge on any atom is -0.396 e. The second kappa shape index (κ2) is 5.65. The molecule has 0 aromatic rings. The van der Waals surface area contributed by atoms with E-state index in [4.69, 9.17) is 9.84 Å². The Balaban J connectivity index is 4.00. The molecular formula is C8H19NO4S. The number of aliphatic hydroxyl groups excluding tert-OH is 1. The van der Waals surface area contributed by atoms with Crippen molar-refractivity contribution in [2.24, 2.45) is 0 Å². The Kier molecular flexibility index (Phi) is 5.58. The first kappa shape index (κ1) is 13.8. The summed E-state index contributed by atoms with van der Waals surface area (Å²) < 4.78 is 30.0. The number of nitrogens with one attached hydrogen (secondary N) is 1. The van der Waals surface area contributed by atoms with E-state index in [0.29, 0.717) is 0 Å². The summed E-state index contributed by atoms with van der Waals surface area (Å²) in [7, 11) is -1.75. The van der Waals surface area contributed by atoms with Crippen LogP contribution >= 0.6 is 0 Å². The number of hydrogen-bond acceptors (Lipinski definition) is 4. The van der Waals surface area contributed by atoms with E-state index in [1.165, 1.54) is 7.11 Å². The monoisotopic (exact) mass is 225 g/mol. The van der Waals surface area contributed by atoms with Crippen molar-refractivity contribution in [2.45, 2.75) is 25.9 Å². The van der Waals surface area contributed by atoms with E-state index >= 15 is 0 Å². The van der Waals surface area contributed by atoms with Crippen LogP contribution in [0, 0.1) is 0 Å². The summed E-state index contributed by atoms with van der Waals surface area (Å²) in [5.41, 5.74) is -0.508. The van der Waals surface area contributed by atoms with E-state index in [9.17, 15) is 8.42 Å².